The summed E-state index contributed by atoms with van der Waals surface area (Å²) >= 11 is 0. The van der Waals surface area contributed by atoms with Crippen molar-refractivity contribution in [3.63, 3.8) is 0 Å². The van der Waals surface area contributed by atoms with Crippen LogP contribution in [0, 0.1) is 5.92 Å². The Hall–Kier alpha value is -2.67. The lowest BCUT2D eigenvalue weighted by Crippen LogP contribution is -2.06. The largest absolute Gasteiger partial charge is 0.256 e. The third-order valence-electron chi connectivity index (χ3n) is 5.10. The van der Waals surface area contributed by atoms with E-state index in [9.17, 15) is 0 Å². The first-order valence-corrected chi connectivity index (χ1v) is 11.3. The van der Waals surface area contributed by atoms with Crippen LogP contribution in [-0.2, 0) is 0 Å². The molecule has 0 spiro atoms. The topological polar surface area (TPSA) is 12.9 Å². The monoisotopic (exact) mass is 399 g/mol. The summed E-state index contributed by atoms with van der Waals surface area (Å²) in [5.41, 5.74) is 5.40. The number of nitrogens with zero attached hydrogens (tertiary/aromatic N) is 1. The van der Waals surface area contributed by atoms with Crippen molar-refractivity contribution in [2.24, 2.45) is 5.92 Å². The number of hydrogen-bond donors (Lipinski definition) is 0. The molecule has 0 amide bonds. The Morgan fingerprint density at radius 1 is 1.10 bits per heavy atom. The van der Waals surface area contributed by atoms with Gasteiger partial charge in [-0.05, 0) is 63.0 Å². The first-order valence-electron chi connectivity index (χ1n) is 11.3. The van der Waals surface area contributed by atoms with Gasteiger partial charge in [-0.1, -0.05) is 98.2 Å². The van der Waals surface area contributed by atoms with Crippen LogP contribution in [0.15, 0.2) is 90.2 Å². The van der Waals surface area contributed by atoms with E-state index in [0.717, 1.165) is 18.5 Å². The van der Waals surface area contributed by atoms with Crippen molar-refractivity contribution in [1.82, 2.24) is 4.98 Å². The van der Waals surface area contributed by atoms with Crippen molar-refractivity contribution < 1.29 is 0 Å². The van der Waals surface area contributed by atoms with Gasteiger partial charge in [-0.2, -0.15) is 0 Å². The van der Waals surface area contributed by atoms with Crippen LogP contribution in [0.25, 0.3) is 16.3 Å². The maximum absolute atomic E-state index is 4.66. The average Bonchev–Trinajstić information content (AvgIpc) is 3.15. The Balaban J connectivity index is 0.000000266. The summed E-state index contributed by atoms with van der Waals surface area (Å²) in [5, 5.41) is 2.51. The van der Waals surface area contributed by atoms with Gasteiger partial charge in [0.1, 0.15) is 0 Å². The normalized spacial score (nSPS) is 17.5. The van der Waals surface area contributed by atoms with Crippen LogP contribution < -0.4 is 0 Å². The molecule has 1 aromatic heterocycles. The average molecular weight is 400 g/mol. The number of fused-ring (bicyclic) bond motifs is 1. The van der Waals surface area contributed by atoms with Gasteiger partial charge in [-0.3, -0.25) is 4.98 Å². The second-order valence-corrected chi connectivity index (χ2v) is 8.02. The Bertz CT molecular complexity index is 948. The Morgan fingerprint density at radius 2 is 1.87 bits per heavy atom. The van der Waals surface area contributed by atoms with Crippen LogP contribution in [0.5, 0.6) is 0 Å². The molecule has 158 valence electrons. The van der Waals surface area contributed by atoms with Gasteiger partial charge in [-0.25, -0.2) is 0 Å². The van der Waals surface area contributed by atoms with Crippen LogP contribution in [0.2, 0.25) is 0 Å². The zero-order chi connectivity index (χ0) is 21.8. The smallest absolute Gasteiger partial charge is 0.0742 e. The van der Waals surface area contributed by atoms with Gasteiger partial charge < -0.3 is 0 Å². The van der Waals surface area contributed by atoms with Crippen molar-refractivity contribution in [1.29, 1.82) is 0 Å². The number of allylic oxidation sites excluding steroid dienone is 10. The molecular formula is C29H37N. The van der Waals surface area contributed by atoms with E-state index in [-0.39, 0.29) is 0 Å². The second kappa shape index (κ2) is 12.8. The lowest BCUT2D eigenvalue weighted by molar-refractivity contribution is 0.686. The van der Waals surface area contributed by atoms with Gasteiger partial charge in [-0.15, -0.1) is 0 Å². The van der Waals surface area contributed by atoms with E-state index in [2.05, 4.69) is 112 Å². The highest BCUT2D eigenvalue weighted by atomic mass is 14.7. The minimum atomic E-state index is 0.537. The van der Waals surface area contributed by atoms with E-state index in [1.54, 1.807) is 0 Å². The molecule has 1 aromatic carbocycles. The molecule has 0 saturated heterocycles. The van der Waals surface area contributed by atoms with Gasteiger partial charge in [0, 0.05) is 11.6 Å². The molecular weight excluding hydrogens is 362 g/mol. The third kappa shape index (κ3) is 6.99. The molecule has 2 aliphatic carbocycles. The molecule has 4 rings (SSSR count). The van der Waals surface area contributed by atoms with Crippen LogP contribution in [-0.4, -0.2) is 4.98 Å². The third-order valence-corrected chi connectivity index (χ3v) is 5.10. The van der Waals surface area contributed by atoms with Crippen LogP contribution in [0.3, 0.4) is 0 Å². The number of benzene rings is 1. The van der Waals surface area contributed by atoms with Gasteiger partial charge in [0.2, 0.25) is 0 Å². The highest BCUT2D eigenvalue weighted by molar-refractivity contribution is 5.92. The van der Waals surface area contributed by atoms with Crippen LogP contribution >= 0.6 is 0 Å². The molecule has 1 heteroatoms. The first-order chi connectivity index (χ1) is 14.6. The minimum absolute atomic E-state index is 0.537. The minimum Gasteiger partial charge on any atom is -0.256 e. The number of hydrogen-bond acceptors (Lipinski definition) is 1. The van der Waals surface area contributed by atoms with Gasteiger partial charge in [0.25, 0.3) is 0 Å². The van der Waals surface area contributed by atoms with Gasteiger partial charge in [0.05, 0.1) is 5.69 Å². The molecule has 1 nitrogen and oxygen atoms in total. The fourth-order valence-corrected chi connectivity index (χ4v) is 3.65. The van der Waals surface area contributed by atoms with E-state index in [0.29, 0.717) is 5.92 Å². The molecule has 0 bridgehead atoms. The Labute approximate surface area is 183 Å². The van der Waals surface area contributed by atoms with Crippen molar-refractivity contribution in [2.45, 2.75) is 60.3 Å². The highest BCUT2D eigenvalue weighted by Crippen LogP contribution is 2.34. The lowest BCUT2D eigenvalue weighted by atomic mass is 9.85. The molecule has 1 heterocycles. The maximum atomic E-state index is 4.66. The predicted molar refractivity (Wildman–Crippen MR) is 134 cm³/mol. The molecule has 0 fully saturated rings. The SMILES string of the molecule is CC1=CCC(C)=C1.CC=CCC1CC=CC=C1c1nccc2ccccc12.CCC. The fraction of sp³-hybridized carbons (Fsp3) is 0.345. The number of aromatic nitrogens is 1. The van der Waals surface area contributed by atoms with Gasteiger partial charge in [0.15, 0.2) is 0 Å². The van der Waals surface area contributed by atoms with Crippen molar-refractivity contribution >= 4 is 16.3 Å². The van der Waals surface area contributed by atoms with E-state index in [4.69, 9.17) is 0 Å². The summed E-state index contributed by atoms with van der Waals surface area (Å²) in [6.07, 6.45) is 22.0. The summed E-state index contributed by atoms with van der Waals surface area (Å²) in [4.78, 5) is 4.66. The summed E-state index contributed by atoms with van der Waals surface area (Å²) in [6, 6.07) is 10.6. The molecule has 30 heavy (non-hydrogen) atoms. The van der Waals surface area contributed by atoms with Crippen LogP contribution in [0.4, 0.5) is 0 Å². The summed E-state index contributed by atoms with van der Waals surface area (Å²) in [6.45, 7) is 10.6. The molecule has 0 saturated carbocycles. The molecule has 0 N–H and O–H groups in total. The predicted octanol–water partition coefficient (Wildman–Crippen LogP) is 8.86. The molecule has 0 aliphatic heterocycles. The zero-order valence-corrected chi connectivity index (χ0v) is 19.4. The van der Waals surface area contributed by atoms with E-state index in [1.165, 1.54) is 40.3 Å². The molecule has 2 aliphatic rings. The highest BCUT2D eigenvalue weighted by Gasteiger charge is 2.18. The standard InChI is InChI=1S/C19H19N.C7H10.C3H8/c1-2-3-8-15-9-4-6-11-17(15)19-18-12-7-5-10-16(18)13-14-20-19;1-6-3-4-7(2)5-6;1-3-2/h2-7,10-15H,8-9H2,1H3;3,5H,4H2,1-2H3;3H2,1-2H3. The number of rotatable bonds is 3. The van der Waals surface area contributed by atoms with Crippen molar-refractivity contribution in [3.8, 4) is 0 Å². The van der Waals surface area contributed by atoms with Gasteiger partial charge >= 0.3 is 0 Å². The molecule has 2 aromatic rings. The zero-order valence-electron chi connectivity index (χ0n) is 19.4. The van der Waals surface area contributed by atoms with E-state index >= 15 is 0 Å². The second-order valence-electron chi connectivity index (χ2n) is 8.02. The molecule has 1 unspecified atom stereocenters. The molecule has 1 atom stereocenters. The summed E-state index contributed by atoms with van der Waals surface area (Å²) in [7, 11) is 0. The van der Waals surface area contributed by atoms with E-state index in [1.807, 2.05) is 6.20 Å². The van der Waals surface area contributed by atoms with Crippen LogP contribution in [0.1, 0.15) is 66.0 Å². The van der Waals surface area contributed by atoms with Crippen molar-refractivity contribution in [3.05, 3.63) is 95.9 Å². The Kier molecular flexibility index (Phi) is 10.1. The van der Waals surface area contributed by atoms with Crippen molar-refractivity contribution in [2.75, 3.05) is 0 Å². The number of pyridine rings is 1. The quantitative estimate of drug-likeness (QED) is 0.470. The summed E-state index contributed by atoms with van der Waals surface area (Å²) in [5.74, 6) is 0.537. The fourth-order valence-electron chi connectivity index (χ4n) is 3.65. The lowest BCUT2D eigenvalue weighted by Gasteiger charge is -2.21. The molecule has 0 radical (unpaired) electrons. The Morgan fingerprint density at radius 3 is 2.50 bits per heavy atom. The maximum Gasteiger partial charge on any atom is 0.0742 e. The first kappa shape index (κ1) is 23.6. The summed E-state index contributed by atoms with van der Waals surface area (Å²) < 4.78 is 0. The van der Waals surface area contributed by atoms with E-state index < -0.39 is 0 Å².